The summed E-state index contributed by atoms with van der Waals surface area (Å²) in [5.41, 5.74) is 0. The van der Waals surface area contributed by atoms with Crippen LogP contribution in [0, 0.1) is 0 Å². The van der Waals surface area contributed by atoms with Crippen molar-refractivity contribution in [3.8, 4) is 0 Å². The van der Waals surface area contributed by atoms with Crippen molar-refractivity contribution in [1.29, 1.82) is 0 Å². The molecule has 2 aliphatic rings. The molecule has 2 rings (SSSR count). The molecule has 1 atom stereocenters. The molecule has 2 fully saturated rings. The maximum Gasteiger partial charge on any atom is 0.221 e. The second-order valence-corrected chi connectivity index (χ2v) is 7.59. The minimum atomic E-state index is -3.02. The number of nitrogens with one attached hydrogen (secondary N) is 1. The van der Waals surface area contributed by atoms with Crippen molar-refractivity contribution in [1.82, 2.24) is 10.2 Å². The fraction of sp³-hybridized carbons (Fsp3) is 0.833. The third-order valence-corrected chi connectivity index (χ3v) is 5.33. The number of hydrogen-bond acceptors (Lipinski definition) is 4. The summed E-state index contributed by atoms with van der Waals surface area (Å²) in [6, 6.07) is 0.0429. The number of sulfone groups is 1. The van der Waals surface area contributed by atoms with E-state index < -0.39 is 9.84 Å². The average Bonchev–Trinajstić information content (AvgIpc) is 3.02. The number of carbonyl (C=O) groups excluding carboxylic acids is 2. The molecular weight excluding hydrogens is 268 g/mol. The summed E-state index contributed by atoms with van der Waals surface area (Å²) >= 11 is 0. The standard InChI is InChI=1S/C12H20N2O4S/c1-9(15)14(11-5-7-19(17,18)8-11)6-4-12(16)13-10-2-3-10/h10-11H,2-8H2,1H3,(H,13,16). The summed E-state index contributed by atoms with van der Waals surface area (Å²) in [7, 11) is -3.02. The van der Waals surface area contributed by atoms with Gasteiger partial charge in [-0.2, -0.15) is 0 Å². The zero-order chi connectivity index (χ0) is 14.0. The Hall–Kier alpha value is -1.11. The highest BCUT2D eigenvalue weighted by atomic mass is 32.2. The topological polar surface area (TPSA) is 83.6 Å². The minimum Gasteiger partial charge on any atom is -0.353 e. The summed E-state index contributed by atoms with van der Waals surface area (Å²) in [6.45, 7) is 1.72. The molecule has 19 heavy (non-hydrogen) atoms. The van der Waals surface area contributed by atoms with E-state index in [0.29, 0.717) is 19.0 Å². The van der Waals surface area contributed by atoms with Gasteiger partial charge in [-0.3, -0.25) is 9.59 Å². The SMILES string of the molecule is CC(=O)N(CCC(=O)NC1CC1)C1CCS(=O)(=O)C1. The lowest BCUT2D eigenvalue weighted by Gasteiger charge is -2.26. The maximum absolute atomic E-state index is 11.6. The second kappa shape index (κ2) is 5.48. The second-order valence-electron chi connectivity index (χ2n) is 5.36. The van der Waals surface area contributed by atoms with Crippen LogP contribution in [-0.4, -0.2) is 55.3 Å². The number of carbonyl (C=O) groups is 2. The van der Waals surface area contributed by atoms with Crippen LogP contribution in [0.25, 0.3) is 0 Å². The van der Waals surface area contributed by atoms with E-state index in [1.165, 1.54) is 11.8 Å². The van der Waals surface area contributed by atoms with Crippen LogP contribution in [0.3, 0.4) is 0 Å². The van der Waals surface area contributed by atoms with Crippen molar-refractivity contribution in [2.75, 3.05) is 18.1 Å². The molecule has 0 radical (unpaired) electrons. The van der Waals surface area contributed by atoms with Crippen molar-refractivity contribution >= 4 is 21.7 Å². The lowest BCUT2D eigenvalue weighted by Crippen LogP contribution is -2.42. The van der Waals surface area contributed by atoms with E-state index in [2.05, 4.69) is 5.32 Å². The van der Waals surface area contributed by atoms with Crippen LogP contribution in [-0.2, 0) is 19.4 Å². The minimum absolute atomic E-state index is 0.0246. The summed E-state index contributed by atoms with van der Waals surface area (Å²) in [5.74, 6) is -0.0667. The first-order valence-electron chi connectivity index (χ1n) is 6.64. The van der Waals surface area contributed by atoms with Gasteiger partial charge in [0.1, 0.15) is 0 Å². The summed E-state index contributed by atoms with van der Waals surface area (Å²) in [5, 5.41) is 2.86. The lowest BCUT2D eigenvalue weighted by molar-refractivity contribution is -0.131. The third kappa shape index (κ3) is 4.19. The quantitative estimate of drug-likeness (QED) is 0.752. The van der Waals surface area contributed by atoms with Crippen molar-refractivity contribution in [3.05, 3.63) is 0 Å². The van der Waals surface area contributed by atoms with E-state index in [4.69, 9.17) is 0 Å². The summed E-state index contributed by atoms with van der Waals surface area (Å²) < 4.78 is 22.9. The van der Waals surface area contributed by atoms with Crippen LogP contribution >= 0.6 is 0 Å². The van der Waals surface area contributed by atoms with E-state index in [9.17, 15) is 18.0 Å². The molecule has 1 aliphatic heterocycles. The molecule has 1 aliphatic carbocycles. The Balaban J connectivity index is 1.85. The Labute approximate surface area is 113 Å². The summed E-state index contributed by atoms with van der Waals surface area (Å²) in [6.07, 6.45) is 2.78. The Morgan fingerprint density at radius 1 is 1.26 bits per heavy atom. The van der Waals surface area contributed by atoms with Crippen LogP contribution in [0.4, 0.5) is 0 Å². The highest BCUT2D eigenvalue weighted by Crippen LogP contribution is 2.20. The first-order valence-corrected chi connectivity index (χ1v) is 8.46. The van der Waals surface area contributed by atoms with Gasteiger partial charge in [-0.25, -0.2) is 8.42 Å². The maximum atomic E-state index is 11.6. The average molecular weight is 288 g/mol. The van der Waals surface area contributed by atoms with Gasteiger partial charge >= 0.3 is 0 Å². The highest BCUT2D eigenvalue weighted by molar-refractivity contribution is 7.91. The molecule has 6 nitrogen and oxygen atoms in total. The van der Waals surface area contributed by atoms with Gasteiger partial charge in [0.2, 0.25) is 11.8 Å². The monoisotopic (exact) mass is 288 g/mol. The zero-order valence-electron chi connectivity index (χ0n) is 11.1. The lowest BCUT2D eigenvalue weighted by atomic mass is 10.2. The molecule has 1 N–H and O–H groups in total. The van der Waals surface area contributed by atoms with Crippen molar-refractivity contribution < 1.29 is 18.0 Å². The molecule has 0 aromatic carbocycles. The highest BCUT2D eigenvalue weighted by Gasteiger charge is 2.33. The molecule has 1 unspecified atom stereocenters. The van der Waals surface area contributed by atoms with Crippen molar-refractivity contribution in [3.63, 3.8) is 0 Å². The van der Waals surface area contributed by atoms with Gasteiger partial charge in [0.05, 0.1) is 11.5 Å². The number of hydrogen-bond donors (Lipinski definition) is 1. The number of nitrogens with zero attached hydrogens (tertiary/aromatic N) is 1. The summed E-state index contributed by atoms with van der Waals surface area (Å²) in [4.78, 5) is 24.7. The predicted octanol–water partition coefficient (Wildman–Crippen LogP) is -0.309. The third-order valence-electron chi connectivity index (χ3n) is 3.58. The molecule has 7 heteroatoms. The first kappa shape index (κ1) is 14.3. The largest absolute Gasteiger partial charge is 0.353 e. The van der Waals surface area contributed by atoms with E-state index in [-0.39, 0.29) is 35.8 Å². The predicted molar refractivity (Wildman–Crippen MR) is 70.2 cm³/mol. The fourth-order valence-electron chi connectivity index (χ4n) is 2.37. The van der Waals surface area contributed by atoms with Crippen LogP contribution in [0.2, 0.25) is 0 Å². The van der Waals surface area contributed by atoms with Gasteiger partial charge in [-0.15, -0.1) is 0 Å². The molecule has 0 aromatic rings. The van der Waals surface area contributed by atoms with E-state index >= 15 is 0 Å². The Bertz CT molecular complexity index is 470. The van der Waals surface area contributed by atoms with Crippen LogP contribution in [0.5, 0.6) is 0 Å². The number of rotatable bonds is 5. The number of amides is 2. The van der Waals surface area contributed by atoms with Gasteiger partial charge in [0, 0.05) is 32.0 Å². The first-order chi connectivity index (χ1) is 8.87. The normalized spacial score (nSPS) is 25.0. The van der Waals surface area contributed by atoms with Gasteiger partial charge in [-0.1, -0.05) is 0 Å². The van der Waals surface area contributed by atoms with E-state index in [0.717, 1.165) is 12.8 Å². The van der Waals surface area contributed by atoms with E-state index in [1.54, 1.807) is 0 Å². The van der Waals surface area contributed by atoms with Gasteiger partial charge in [0.15, 0.2) is 9.84 Å². The van der Waals surface area contributed by atoms with Gasteiger partial charge < -0.3 is 10.2 Å². The molecule has 1 heterocycles. The molecule has 1 saturated heterocycles. The molecule has 2 amide bonds. The Morgan fingerprint density at radius 2 is 1.95 bits per heavy atom. The fourth-order valence-corrected chi connectivity index (χ4v) is 4.10. The molecule has 108 valence electrons. The van der Waals surface area contributed by atoms with Gasteiger partial charge in [0.25, 0.3) is 0 Å². The van der Waals surface area contributed by atoms with Crippen LogP contribution < -0.4 is 5.32 Å². The van der Waals surface area contributed by atoms with Crippen molar-refractivity contribution in [2.45, 2.75) is 44.7 Å². The van der Waals surface area contributed by atoms with Crippen molar-refractivity contribution in [2.24, 2.45) is 0 Å². The Morgan fingerprint density at radius 3 is 2.42 bits per heavy atom. The Kier molecular flexibility index (Phi) is 4.13. The molecule has 0 aromatic heterocycles. The molecule has 0 spiro atoms. The smallest absolute Gasteiger partial charge is 0.221 e. The molecular formula is C12H20N2O4S. The van der Waals surface area contributed by atoms with Crippen LogP contribution in [0.15, 0.2) is 0 Å². The zero-order valence-corrected chi connectivity index (χ0v) is 11.9. The van der Waals surface area contributed by atoms with Crippen LogP contribution in [0.1, 0.15) is 32.6 Å². The van der Waals surface area contributed by atoms with Gasteiger partial charge in [-0.05, 0) is 19.3 Å². The molecule has 0 bridgehead atoms. The molecule has 1 saturated carbocycles. The van der Waals surface area contributed by atoms with E-state index in [1.807, 2.05) is 0 Å².